The smallest absolute Gasteiger partial charge is 0.258 e. The SMILES string of the molecule is CCc1oc2ccccc2c1C=CC(=O)N1CCN(Cc2cc(=O)n3ccsc3n2)CC1. The fourth-order valence-corrected chi connectivity index (χ4v) is 4.88. The quantitative estimate of drug-likeness (QED) is 0.438. The molecule has 0 bridgehead atoms. The van der Waals surface area contributed by atoms with Crippen LogP contribution in [0.2, 0.25) is 0 Å². The number of benzene rings is 1. The normalized spacial score (nSPS) is 15.3. The van der Waals surface area contributed by atoms with Gasteiger partial charge in [0.2, 0.25) is 5.91 Å². The minimum atomic E-state index is -0.0524. The lowest BCUT2D eigenvalue weighted by Crippen LogP contribution is -2.48. The summed E-state index contributed by atoms with van der Waals surface area (Å²) in [6.45, 7) is 5.46. The standard InChI is InChI=1S/C24H24N4O3S/c1-2-20-19(18-5-3-4-6-21(18)31-20)7-8-22(29)27-11-9-26(10-12-27)16-17-15-23(30)28-13-14-32-24(28)25-17/h3-8,13-15H,2,9-12,16H2,1H3. The Balaban J connectivity index is 1.22. The first-order chi connectivity index (χ1) is 15.6. The van der Waals surface area contributed by atoms with Gasteiger partial charge in [0, 0.05) is 73.8 Å². The summed E-state index contributed by atoms with van der Waals surface area (Å²) in [6.07, 6.45) is 6.05. The summed E-state index contributed by atoms with van der Waals surface area (Å²) in [5, 5.41) is 2.89. The van der Waals surface area contributed by atoms with E-state index in [-0.39, 0.29) is 11.5 Å². The van der Waals surface area contributed by atoms with E-state index < -0.39 is 0 Å². The molecule has 1 aliphatic rings. The average molecular weight is 449 g/mol. The van der Waals surface area contributed by atoms with Crippen molar-refractivity contribution in [3.63, 3.8) is 0 Å². The maximum atomic E-state index is 12.8. The van der Waals surface area contributed by atoms with Gasteiger partial charge in [0.05, 0.1) is 5.69 Å². The van der Waals surface area contributed by atoms with E-state index in [4.69, 9.17) is 4.42 Å². The van der Waals surface area contributed by atoms with Crippen LogP contribution < -0.4 is 5.56 Å². The molecule has 164 valence electrons. The van der Waals surface area contributed by atoms with Crippen molar-refractivity contribution in [2.45, 2.75) is 19.9 Å². The number of carbonyl (C=O) groups excluding carboxylic acids is 1. The van der Waals surface area contributed by atoms with Gasteiger partial charge in [-0.05, 0) is 12.1 Å². The number of aryl methyl sites for hydroxylation is 1. The van der Waals surface area contributed by atoms with Crippen molar-refractivity contribution < 1.29 is 9.21 Å². The number of para-hydroxylation sites is 1. The number of amides is 1. The van der Waals surface area contributed by atoms with E-state index in [1.54, 1.807) is 22.7 Å². The summed E-state index contributed by atoms with van der Waals surface area (Å²) in [4.78, 5) is 34.4. The Labute approximate surface area is 189 Å². The molecule has 32 heavy (non-hydrogen) atoms. The van der Waals surface area contributed by atoms with Gasteiger partial charge in [-0.2, -0.15) is 0 Å². The first kappa shape index (κ1) is 20.7. The Morgan fingerprint density at radius 2 is 2.03 bits per heavy atom. The molecule has 0 aliphatic carbocycles. The Bertz CT molecular complexity index is 1360. The van der Waals surface area contributed by atoms with E-state index in [2.05, 4.69) is 16.8 Å². The molecule has 0 unspecified atom stereocenters. The molecule has 1 aliphatic heterocycles. The highest BCUT2D eigenvalue weighted by atomic mass is 32.1. The van der Waals surface area contributed by atoms with Gasteiger partial charge in [0.1, 0.15) is 11.3 Å². The number of rotatable bonds is 5. The zero-order valence-corrected chi connectivity index (χ0v) is 18.7. The van der Waals surface area contributed by atoms with E-state index in [0.29, 0.717) is 24.6 Å². The number of thiazole rings is 1. The molecule has 1 fully saturated rings. The molecule has 1 aromatic carbocycles. The highest BCUT2D eigenvalue weighted by Crippen LogP contribution is 2.27. The van der Waals surface area contributed by atoms with Crippen LogP contribution in [0.3, 0.4) is 0 Å². The lowest BCUT2D eigenvalue weighted by molar-refractivity contribution is -0.127. The molecule has 0 radical (unpaired) electrons. The molecule has 0 atom stereocenters. The summed E-state index contributed by atoms with van der Waals surface area (Å²) >= 11 is 1.46. The predicted molar refractivity (Wildman–Crippen MR) is 126 cm³/mol. The average Bonchev–Trinajstić information content (AvgIpc) is 3.42. The number of fused-ring (bicyclic) bond motifs is 2. The van der Waals surface area contributed by atoms with Crippen molar-refractivity contribution in [1.82, 2.24) is 19.2 Å². The molecule has 1 amide bonds. The second-order valence-electron chi connectivity index (χ2n) is 7.86. The lowest BCUT2D eigenvalue weighted by atomic mass is 10.1. The zero-order valence-electron chi connectivity index (χ0n) is 17.9. The van der Waals surface area contributed by atoms with Gasteiger partial charge in [-0.3, -0.25) is 18.9 Å². The van der Waals surface area contributed by atoms with Crippen LogP contribution in [0.25, 0.3) is 22.0 Å². The number of hydrogen-bond donors (Lipinski definition) is 0. The monoisotopic (exact) mass is 448 g/mol. The van der Waals surface area contributed by atoms with Gasteiger partial charge in [-0.1, -0.05) is 25.1 Å². The van der Waals surface area contributed by atoms with E-state index in [1.807, 2.05) is 40.6 Å². The molecular formula is C24H24N4O3S. The number of hydrogen-bond acceptors (Lipinski definition) is 6. The highest BCUT2D eigenvalue weighted by Gasteiger charge is 2.21. The Hall–Kier alpha value is -3.23. The summed E-state index contributed by atoms with van der Waals surface area (Å²) in [6, 6.07) is 9.50. The molecule has 0 saturated carbocycles. The van der Waals surface area contributed by atoms with Crippen molar-refractivity contribution in [3.05, 3.63) is 75.4 Å². The number of furan rings is 1. The van der Waals surface area contributed by atoms with E-state index >= 15 is 0 Å². The zero-order chi connectivity index (χ0) is 22.1. The molecule has 0 spiro atoms. The van der Waals surface area contributed by atoms with E-state index in [9.17, 15) is 9.59 Å². The largest absolute Gasteiger partial charge is 0.460 e. The molecule has 1 saturated heterocycles. The van der Waals surface area contributed by atoms with Gasteiger partial charge in [0.15, 0.2) is 4.96 Å². The Kier molecular flexibility index (Phi) is 5.63. The topological polar surface area (TPSA) is 71.1 Å². The minimum absolute atomic E-state index is 0.00774. The van der Waals surface area contributed by atoms with Gasteiger partial charge in [0.25, 0.3) is 5.56 Å². The Morgan fingerprint density at radius 3 is 2.84 bits per heavy atom. The third-order valence-corrected chi connectivity index (χ3v) is 6.61. The fourth-order valence-electron chi connectivity index (χ4n) is 4.15. The summed E-state index contributed by atoms with van der Waals surface area (Å²) in [5.74, 6) is 0.902. The van der Waals surface area contributed by atoms with Gasteiger partial charge in [-0.15, -0.1) is 11.3 Å². The van der Waals surface area contributed by atoms with Crippen LogP contribution in [0.1, 0.15) is 23.9 Å². The molecule has 8 heteroatoms. The molecule has 3 aromatic heterocycles. The predicted octanol–water partition coefficient (Wildman–Crippen LogP) is 3.42. The van der Waals surface area contributed by atoms with Crippen molar-refractivity contribution in [2.75, 3.05) is 26.2 Å². The first-order valence-electron chi connectivity index (χ1n) is 10.8. The molecule has 4 aromatic rings. The lowest BCUT2D eigenvalue weighted by Gasteiger charge is -2.34. The van der Waals surface area contributed by atoms with Crippen LogP contribution in [0.5, 0.6) is 0 Å². The maximum Gasteiger partial charge on any atom is 0.258 e. The second kappa shape index (κ2) is 8.72. The molecule has 7 nitrogen and oxygen atoms in total. The van der Waals surface area contributed by atoms with Crippen molar-refractivity contribution in [1.29, 1.82) is 0 Å². The third-order valence-electron chi connectivity index (χ3n) is 5.85. The third kappa shape index (κ3) is 3.99. The van der Waals surface area contributed by atoms with Crippen LogP contribution in [0.15, 0.2) is 57.2 Å². The van der Waals surface area contributed by atoms with Crippen LogP contribution >= 0.6 is 11.3 Å². The number of piperazine rings is 1. The van der Waals surface area contributed by atoms with Crippen LogP contribution in [0, 0.1) is 0 Å². The van der Waals surface area contributed by atoms with E-state index in [1.165, 1.54) is 11.3 Å². The van der Waals surface area contributed by atoms with Gasteiger partial charge >= 0.3 is 0 Å². The number of aromatic nitrogens is 2. The summed E-state index contributed by atoms with van der Waals surface area (Å²) in [5.41, 5.74) is 2.55. The molecule has 5 rings (SSSR count). The van der Waals surface area contributed by atoms with Gasteiger partial charge in [-0.25, -0.2) is 4.98 Å². The molecule has 0 N–H and O–H groups in total. The van der Waals surface area contributed by atoms with Crippen molar-refractivity contribution in [2.24, 2.45) is 0 Å². The number of nitrogens with zero attached hydrogens (tertiary/aromatic N) is 4. The maximum absolute atomic E-state index is 12.8. The van der Waals surface area contributed by atoms with Crippen LogP contribution in [-0.2, 0) is 17.8 Å². The highest BCUT2D eigenvalue weighted by molar-refractivity contribution is 7.15. The molecule has 4 heterocycles. The van der Waals surface area contributed by atoms with Crippen LogP contribution in [0.4, 0.5) is 0 Å². The van der Waals surface area contributed by atoms with Crippen molar-refractivity contribution >= 4 is 39.3 Å². The second-order valence-corrected chi connectivity index (χ2v) is 8.74. The Morgan fingerprint density at radius 1 is 1.22 bits per heavy atom. The van der Waals surface area contributed by atoms with Crippen molar-refractivity contribution in [3.8, 4) is 0 Å². The first-order valence-corrected chi connectivity index (χ1v) is 11.7. The summed E-state index contributed by atoms with van der Waals surface area (Å²) in [7, 11) is 0. The minimum Gasteiger partial charge on any atom is -0.460 e. The summed E-state index contributed by atoms with van der Waals surface area (Å²) < 4.78 is 7.47. The van der Waals surface area contributed by atoms with E-state index in [0.717, 1.165) is 47.5 Å². The van der Waals surface area contributed by atoms with Gasteiger partial charge < -0.3 is 9.32 Å². The number of carbonyl (C=O) groups is 1. The van der Waals surface area contributed by atoms with Crippen LogP contribution in [-0.4, -0.2) is 51.3 Å². The fraction of sp³-hybridized carbons (Fsp3) is 0.292. The molecular weight excluding hydrogens is 424 g/mol.